The number of carbonyl (C=O) groups is 1. The zero-order valence-electron chi connectivity index (χ0n) is 11.6. The molecule has 2 heterocycles. The molecule has 5 heteroatoms. The summed E-state index contributed by atoms with van der Waals surface area (Å²) in [6, 6.07) is 8.03. The van der Waals surface area contributed by atoms with Crippen LogP contribution in [0.1, 0.15) is 11.5 Å². The molecule has 1 aromatic carbocycles. The van der Waals surface area contributed by atoms with Crippen molar-refractivity contribution in [2.75, 3.05) is 51.3 Å². The van der Waals surface area contributed by atoms with E-state index in [1.807, 2.05) is 24.3 Å². The summed E-state index contributed by atoms with van der Waals surface area (Å²) in [5, 5.41) is 6.33. The molecule has 5 nitrogen and oxygen atoms in total. The minimum Gasteiger partial charge on any atom is -0.384 e. The predicted molar refractivity (Wildman–Crippen MR) is 77.9 cm³/mol. The lowest BCUT2D eigenvalue weighted by molar-refractivity contribution is -0.122. The molecule has 0 saturated carbocycles. The second-order valence-electron chi connectivity index (χ2n) is 5.27. The summed E-state index contributed by atoms with van der Waals surface area (Å²) in [7, 11) is 0. The van der Waals surface area contributed by atoms with Gasteiger partial charge < -0.3 is 15.4 Å². The lowest BCUT2D eigenvalue weighted by Gasteiger charge is -2.26. The minimum atomic E-state index is -0.0594. The third-order valence-corrected chi connectivity index (χ3v) is 3.98. The molecule has 1 saturated heterocycles. The zero-order chi connectivity index (χ0) is 13.8. The average molecular weight is 275 g/mol. The fourth-order valence-corrected chi connectivity index (χ4v) is 2.80. The number of para-hydroxylation sites is 1. The van der Waals surface area contributed by atoms with E-state index in [0.717, 1.165) is 44.1 Å². The van der Waals surface area contributed by atoms with Gasteiger partial charge in [0, 0.05) is 38.4 Å². The Balaban J connectivity index is 1.48. The molecule has 1 atom stereocenters. The van der Waals surface area contributed by atoms with Gasteiger partial charge in [-0.2, -0.15) is 0 Å². The van der Waals surface area contributed by atoms with Gasteiger partial charge in [-0.25, -0.2) is 0 Å². The molecule has 1 aromatic rings. The second-order valence-corrected chi connectivity index (χ2v) is 5.27. The summed E-state index contributed by atoms with van der Waals surface area (Å²) >= 11 is 0. The van der Waals surface area contributed by atoms with Crippen LogP contribution >= 0.6 is 0 Å². The topological polar surface area (TPSA) is 53.6 Å². The van der Waals surface area contributed by atoms with Crippen molar-refractivity contribution in [1.82, 2.24) is 10.2 Å². The number of hydrogen-bond acceptors (Lipinski definition) is 4. The van der Waals surface area contributed by atoms with Gasteiger partial charge in [-0.3, -0.25) is 9.69 Å². The van der Waals surface area contributed by atoms with E-state index in [1.54, 1.807) is 0 Å². The van der Waals surface area contributed by atoms with Crippen LogP contribution in [0.2, 0.25) is 0 Å². The number of benzene rings is 1. The summed E-state index contributed by atoms with van der Waals surface area (Å²) in [6.07, 6.45) is 0. The normalized spacial score (nSPS) is 22.1. The molecule has 2 N–H and O–H groups in total. The molecular formula is C15H21N3O2. The Morgan fingerprint density at radius 2 is 2.15 bits per heavy atom. The lowest BCUT2D eigenvalue weighted by atomic mass is 10.0. The molecule has 0 aliphatic carbocycles. The molecular weight excluding hydrogens is 254 g/mol. The number of hydrogen-bond donors (Lipinski definition) is 2. The monoisotopic (exact) mass is 275 g/mol. The molecule has 1 amide bonds. The number of rotatable bonds is 4. The van der Waals surface area contributed by atoms with Gasteiger partial charge in [0.05, 0.1) is 19.1 Å². The Hall–Kier alpha value is -1.59. The maximum Gasteiger partial charge on any atom is 0.229 e. The van der Waals surface area contributed by atoms with E-state index in [-0.39, 0.29) is 11.8 Å². The SMILES string of the molecule is O=C(NCCN1CCOCC1)C1CNc2ccccc21. The van der Waals surface area contributed by atoms with Crippen molar-refractivity contribution < 1.29 is 9.53 Å². The highest BCUT2D eigenvalue weighted by Gasteiger charge is 2.27. The number of fused-ring (bicyclic) bond motifs is 1. The lowest BCUT2D eigenvalue weighted by Crippen LogP contribution is -2.42. The first-order chi connectivity index (χ1) is 9.84. The number of anilines is 1. The van der Waals surface area contributed by atoms with Gasteiger partial charge in [0.15, 0.2) is 0 Å². The zero-order valence-corrected chi connectivity index (χ0v) is 11.6. The molecule has 0 radical (unpaired) electrons. The molecule has 3 rings (SSSR count). The van der Waals surface area contributed by atoms with Gasteiger partial charge in [0.25, 0.3) is 0 Å². The van der Waals surface area contributed by atoms with E-state index in [2.05, 4.69) is 15.5 Å². The van der Waals surface area contributed by atoms with Crippen LogP contribution in [0.25, 0.3) is 0 Å². The number of nitrogens with zero attached hydrogens (tertiary/aromatic N) is 1. The molecule has 2 aliphatic rings. The summed E-state index contributed by atoms with van der Waals surface area (Å²) in [4.78, 5) is 14.6. The van der Waals surface area contributed by atoms with Gasteiger partial charge in [-0.05, 0) is 11.6 Å². The van der Waals surface area contributed by atoms with E-state index in [1.165, 1.54) is 0 Å². The maximum absolute atomic E-state index is 12.3. The van der Waals surface area contributed by atoms with E-state index < -0.39 is 0 Å². The van der Waals surface area contributed by atoms with Gasteiger partial charge in [0.2, 0.25) is 5.91 Å². The number of morpholine rings is 1. The number of nitrogens with one attached hydrogen (secondary N) is 2. The van der Waals surface area contributed by atoms with Crippen LogP contribution < -0.4 is 10.6 Å². The first-order valence-corrected chi connectivity index (χ1v) is 7.25. The molecule has 0 aromatic heterocycles. The first-order valence-electron chi connectivity index (χ1n) is 7.25. The molecule has 0 bridgehead atoms. The van der Waals surface area contributed by atoms with Crippen LogP contribution in [-0.4, -0.2) is 56.7 Å². The average Bonchev–Trinajstić information content (AvgIpc) is 2.92. The van der Waals surface area contributed by atoms with E-state index in [9.17, 15) is 4.79 Å². The quantitative estimate of drug-likeness (QED) is 0.847. The number of amides is 1. The van der Waals surface area contributed by atoms with Crippen LogP contribution in [0.15, 0.2) is 24.3 Å². The Bertz CT molecular complexity index is 472. The number of carbonyl (C=O) groups excluding carboxylic acids is 1. The van der Waals surface area contributed by atoms with Crippen LogP contribution in [0.3, 0.4) is 0 Å². The fraction of sp³-hybridized carbons (Fsp3) is 0.533. The van der Waals surface area contributed by atoms with E-state index in [4.69, 9.17) is 4.74 Å². The highest BCUT2D eigenvalue weighted by molar-refractivity contribution is 5.88. The van der Waals surface area contributed by atoms with Crippen molar-refractivity contribution in [3.63, 3.8) is 0 Å². The van der Waals surface area contributed by atoms with Crippen LogP contribution in [0.5, 0.6) is 0 Å². The fourth-order valence-electron chi connectivity index (χ4n) is 2.80. The van der Waals surface area contributed by atoms with Crippen molar-refractivity contribution in [2.45, 2.75) is 5.92 Å². The summed E-state index contributed by atoms with van der Waals surface area (Å²) in [5.74, 6) is 0.0617. The van der Waals surface area contributed by atoms with Crippen molar-refractivity contribution >= 4 is 11.6 Å². The van der Waals surface area contributed by atoms with Gasteiger partial charge in [-0.1, -0.05) is 18.2 Å². The molecule has 2 aliphatic heterocycles. The number of ether oxygens (including phenoxy) is 1. The summed E-state index contributed by atoms with van der Waals surface area (Å²) in [5.41, 5.74) is 2.19. The maximum atomic E-state index is 12.3. The van der Waals surface area contributed by atoms with Gasteiger partial charge >= 0.3 is 0 Å². The highest BCUT2D eigenvalue weighted by atomic mass is 16.5. The Morgan fingerprint density at radius 3 is 3.00 bits per heavy atom. The van der Waals surface area contributed by atoms with Crippen LogP contribution in [-0.2, 0) is 9.53 Å². The minimum absolute atomic E-state index is 0.0594. The third kappa shape index (κ3) is 2.94. The Morgan fingerprint density at radius 1 is 1.35 bits per heavy atom. The van der Waals surface area contributed by atoms with Crippen molar-refractivity contribution in [3.05, 3.63) is 29.8 Å². The van der Waals surface area contributed by atoms with Gasteiger partial charge in [0.1, 0.15) is 0 Å². The highest BCUT2D eigenvalue weighted by Crippen LogP contribution is 2.30. The van der Waals surface area contributed by atoms with Crippen molar-refractivity contribution in [1.29, 1.82) is 0 Å². The largest absolute Gasteiger partial charge is 0.384 e. The summed E-state index contributed by atoms with van der Waals surface area (Å²) in [6.45, 7) is 5.83. The van der Waals surface area contributed by atoms with Crippen LogP contribution in [0, 0.1) is 0 Å². The van der Waals surface area contributed by atoms with Gasteiger partial charge in [-0.15, -0.1) is 0 Å². The van der Waals surface area contributed by atoms with Crippen molar-refractivity contribution in [3.8, 4) is 0 Å². The molecule has 108 valence electrons. The predicted octanol–water partition coefficient (Wildman–Crippen LogP) is 0.644. The smallest absolute Gasteiger partial charge is 0.229 e. The Kier molecular flexibility index (Phi) is 4.18. The van der Waals surface area contributed by atoms with Crippen LogP contribution in [0.4, 0.5) is 5.69 Å². The molecule has 1 unspecified atom stereocenters. The summed E-state index contributed by atoms with van der Waals surface area (Å²) < 4.78 is 5.31. The van der Waals surface area contributed by atoms with E-state index >= 15 is 0 Å². The van der Waals surface area contributed by atoms with Crippen molar-refractivity contribution in [2.24, 2.45) is 0 Å². The molecule has 20 heavy (non-hydrogen) atoms. The molecule has 1 fully saturated rings. The first kappa shape index (κ1) is 13.4. The Labute approximate surface area is 119 Å². The molecule has 0 spiro atoms. The van der Waals surface area contributed by atoms with E-state index in [0.29, 0.717) is 13.1 Å². The standard InChI is InChI=1S/C15H21N3O2/c19-15(16-5-6-18-7-9-20-10-8-18)13-11-17-14-4-2-1-3-12(13)14/h1-4,13,17H,5-11H2,(H,16,19). The third-order valence-electron chi connectivity index (χ3n) is 3.98. The second kappa shape index (κ2) is 6.24.